The van der Waals surface area contributed by atoms with Gasteiger partial charge >= 0.3 is 0 Å². The van der Waals surface area contributed by atoms with Gasteiger partial charge in [0.2, 0.25) is 5.91 Å². The second-order valence-electron chi connectivity index (χ2n) is 4.52. The average molecular weight is 197 g/mol. The fraction of sp³-hybridized carbons (Fsp3) is 0.900. The van der Waals surface area contributed by atoms with Crippen molar-refractivity contribution < 1.29 is 4.79 Å². The first-order valence-corrected chi connectivity index (χ1v) is 5.42. The van der Waals surface area contributed by atoms with Gasteiger partial charge in [0.1, 0.15) is 0 Å². The molecule has 0 aromatic carbocycles. The van der Waals surface area contributed by atoms with Gasteiger partial charge in [0.05, 0.1) is 5.92 Å². The number of nitrogens with zero attached hydrogens (tertiary/aromatic N) is 1. The summed E-state index contributed by atoms with van der Waals surface area (Å²) in [6.07, 6.45) is 1.22. The van der Waals surface area contributed by atoms with Crippen molar-refractivity contribution in [3.8, 4) is 0 Å². The molecule has 0 bridgehead atoms. The number of carbonyl (C=O) groups is 1. The van der Waals surface area contributed by atoms with E-state index in [9.17, 15) is 4.79 Å². The van der Waals surface area contributed by atoms with E-state index < -0.39 is 0 Å². The third-order valence-electron chi connectivity index (χ3n) is 3.21. The molecule has 0 aliphatic carbocycles. The molecule has 80 valence electrons. The lowest BCUT2D eigenvalue weighted by molar-refractivity contribution is -0.126. The van der Waals surface area contributed by atoms with Gasteiger partial charge in [0.25, 0.3) is 0 Å². The van der Waals surface area contributed by atoms with Gasteiger partial charge in [-0.05, 0) is 25.9 Å². The Morgan fingerprint density at radius 3 is 2.86 bits per heavy atom. The Bertz CT molecular complexity index is 215. The number of nitrogens with one attached hydrogen (secondary N) is 2. The zero-order valence-electron chi connectivity index (χ0n) is 8.75. The molecule has 2 heterocycles. The number of likely N-dealkylation sites (tertiary alicyclic amines) is 1. The second-order valence-corrected chi connectivity index (χ2v) is 4.52. The normalized spacial score (nSPS) is 28.8. The van der Waals surface area contributed by atoms with Crippen LogP contribution < -0.4 is 10.6 Å². The van der Waals surface area contributed by atoms with Crippen molar-refractivity contribution >= 4 is 5.91 Å². The minimum Gasteiger partial charge on any atom is -0.355 e. The lowest BCUT2D eigenvalue weighted by Crippen LogP contribution is -2.51. The summed E-state index contributed by atoms with van der Waals surface area (Å²) in [4.78, 5) is 13.8. The molecule has 2 aliphatic rings. The van der Waals surface area contributed by atoms with E-state index in [1.807, 2.05) is 0 Å². The lowest BCUT2D eigenvalue weighted by atomic mass is 10.0. The maximum atomic E-state index is 11.5. The van der Waals surface area contributed by atoms with Crippen LogP contribution in [0.25, 0.3) is 0 Å². The van der Waals surface area contributed by atoms with Crippen molar-refractivity contribution in [1.29, 1.82) is 0 Å². The average Bonchev–Trinajstić information content (AvgIpc) is 2.45. The molecule has 2 N–H and O–H groups in total. The molecule has 0 spiro atoms. The fourth-order valence-corrected chi connectivity index (χ4v) is 2.06. The summed E-state index contributed by atoms with van der Waals surface area (Å²) in [6.45, 7) is 4.88. The van der Waals surface area contributed by atoms with Crippen molar-refractivity contribution in [2.45, 2.75) is 6.42 Å². The van der Waals surface area contributed by atoms with Gasteiger partial charge in [-0.2, -0.15) is 0 Å². The molecule has 0 aromatic heterocycles. The SMILES string of the molecule is CN1CCC(CNC(=O)C2CNC2)C1. The second kappa shape index (κ2) is 4.28. The molecule has 0 saturated carbocycles. The van der Waals surface area contributed by atoms with E-state index >= 15 is 0 Å². The first kappa shape index (κ1) is 9.93. The lowest BCUT2D eigenvalue weighted by Gasteiger charge is -2.26. The molecule has 2 aliphatic heterocycles. The smallest absolute Gasteiger partial charge is 0.225 e. The van der Waals surface area contributed by atoms with Crippen LogP contribution in [0, 0.1) is 11.8 Å². The van der Waals surface area contributed by atoms with Gasteiger partial charge in [-0.25, -0.2) is 0 Å². The van der Waals surface area contributed by atoms with Crippen LogP contribution in [0.5, 0.6) is 0 Å². The number of carbonyl (C=O) groups excluding carboxylic acids is 1. The van der Waals surface area contributed by atoms with Crippen molar-refractivity contribution in [3.05, 3.63) is 0 Å². The largest absolute Gasteiger partial charge is 0.355 e. The molecular formula is C10H19N3O. The van der Waals surface area contributed by atoms with E-state index in [0.717, 1.165) is 26.2 Å². The number of hydrogen-bond donors (Lipinski definition) is 2. The van der Waals surface area contributed by atoms with E-state index in [4.69, 9.17) is 0 Å². The molecule has 2 fully saturated rings. The Labute approximate surface area is 85.0 Å². The van der Waals surface area contributed by atoms with Crippen LogP contribution in [-0.2, 0) is 4.79 Å². The summed E-state index contributed by atoms with van der Waals surface area (Å²) in [5.41, 5.74) is 0. The van der Waals surface area contributed by atoms with Crippen molar-refractivity contribution in [2.24, 2.45) is 11.8 Å². The molecule has 2 saturated heterocycles. The first-order valence-electron chi connectivity index (χ1n) is 5.42. The molecule has 2 rings (SSSR count). The Kier molecular flexibility index (Phi) is 3.03. The topological polar surface area (TPSA) is 44.4 Å². The maximum absolute atomic E-state index is 11.5. The van der Waals surface area contributed by atoms with Gasteiger partial charge in [-0.3, -0.25) is 4.79 Å². The minimum absolute atomic E-state index is 0.231. The third-order valence-corrected chi connectivity index (χ3v) is 3.21. The van der Waals surface area contributed by atoms with Crippen LogP contribution in [0.2, 0.25) is 0 Å². The summed E-state index contributed by atoms with van der Waals surface area (Å²) in [6, 6.07) is 0. The molecule has 4 nitrogen and oxygen atoms in total. The van der Waals surface area contributed by atoms with Gasteiger partial charge in [-0.15, -0.1) is 0 Å². The Balaban J connectivity index is 1.64. The molecule has 1 atom stereocenters. The molecule has 1 unspecified atom stereocenters. The molecule has 0 radical (unpaired) electrons. The highest BCUT2D eigenvalue weighted by Gasteiger charge is 2.26. The third kappa shape index (κ3) is 2.25. The predicted octanol–water partition coefficient (Wildman–Crippen LogP) is -0.726. The van der Waals surface area contributed by atoms with E-state index in [0.29, 0.717) is 5.92 Å². The Morgan fingerprint density at radius 2 is 2.36 bits per heavy atom. The van der Waals surface area contributed by atoms with Gasteiger partial charge in [-0.1, -0.05) is 0 Å². The molecule has 1 amide bonds. The fourth-order valence-electron chi connectivity index (χ4n) is 2.06. The maximum Gasteiger partial charge on any atom is 0.225 e. The highest BCUT2D eigenvalue weighted by Crippen LogP contribution is 2.13. The van der Waals surface area contributed by atoms with Crippen molar-refractivity contribution in [1.82, 2.24) is 15.5 Å². The zero-order chi connectivity index (χ0) is 9.97. The molecular weight excluding hydrogens is 178 g/mol. The van der Waals surface area contributed by atoms with Gasteiger partial charge in [0, 0.05) is 26.2 Å². The van der Waals surface area contributed by atoms with Crippen LogP contribution in [-0.4, -0.2) is 50.6 Å². The first-order chi connectivity index (χ1) is 6.75. The zero-order valence-corrected chi connectivity index (χ0v) is 8.75. The van der Waals surface area contributed by atoms with Crippen molar-refractivity contribution in [3.63, 3.8) is 0 Å². The number of hydrogen-bond acceptors (Lipinski definition) is 3. The Morgan fingerprint density at radius 1 is 1.57 bits per heavy atom. The summed E-state index contributed by atoms with van der Waals surface area (Å²) >= 11 is 0. The summed E-state index contributed by atoms with van der Waals surface area (Å²) in [5, 5.41) is 6.15. The van der Waals surface area contributed by atoms with Crippen LogP contribution in [0.4, 0.5) is 0 Å². The summed E-state index contributed by atoms with van der Waals surface area (Å²) in [7, 11) is 2.14. The van der Waals surface area contributed by atoms with Crippen LogP contribution in [0.1, 0.15) is 6.42 Å². The standard InChI is InChI=1S/C10H19N3O/c1-13-3-2-8(7-13)4-12-10(14)9-5-11-6-9/h8-9,11H,2-7H2,1H3,(H,12,14). The molecule has 14 heavy (non-hydrogen) atoms. The van der Waals surface area contributed by atoms with Crippen LogP contribution in [0.15, 0.2) is 0 Å². The van der Waals surface area contributed by atoms with Gasteiger partial charge in [0.15, 0.2) is 0 Å². The quantitative estimate of drug-likeness (QED) is 0.627. The highest BCUT2D eigenvalue weighted by atomic mass is 16.2. The predicted molar refractivity (Wildman–Crippen MR) is 55.0 cm³/mol. The van der Waals surface area contributed by atoms with E-state index in [-0.39, 0.29) is 11.8 Å². The summed E-state index contributed by atoms with van der Waals surface area (Å²) in [5.74, 6) is 1.13. The number of amides is 1. The van der Waals surface area contributed by atoms with E-state index in [2.05, 4.69) is 22.6 Å². The molecule has 4 heteroatoms. The molecule has 0 aromatic rings. The Hall–Kier alpha value is -0.610. The van der Waals surface area contributed by atoms with E-state index in [1.165, 1.54) is 13.0 Å². The minimum atomic E-state index is 0.231. The van der Waals surface area contributed by atoms with Crippen LogP contribution in [0.3, 0.4) is 0 Å². The van der Waals surface area contributed by atoms with Crippen molar-refractivity contribution in [2.75, 3.05) is 39.8 Å². The van der Waals surface area contributed by atoms with Crippen LogP contribution >= 0.6 is 0 Å². The highest BCUT2D eigenvalue weighted by molar-refractivity contribution is 5.79. The monoisotopic (exact) mass is 197 g/mol. The summed E-state index contributed by atoms with van der Waals surface area (Å²) < 4.78 is 0. The number of rotatable bonds is 3. The van der Waals surface area contributed by atoms with Gasteiger partial charge < -0.3 is 15.5 Å². The van der Waals surface area contributed by atoms with E-state index in [1.54, 1.807) is 0 Å².